The van der Waals surface area contributed by atoms with Crippen LogP contribution in [-0.4, -0.2) is 22.5 Å². The lowest BCUT2D eigenvalue weighted by atomic mass is 9.92. The summed E-state index contributed by atoms with van der Waals surface area (Å²) in [6, 6.07) is 0. The first-order valence-corrected chi connectivity index (χ1v) is 4.26. The predicted molar refractivity (Wildman–Crippen MR) is 49.3 cm³/mol. The van der Waals surface area contributed by atoms with Gasteiger partial charge in [0.2, 0.25) is 5.91 Å². The Balaban J connectivity index is 4.16. The lowest BCUT2D eigenvalue weighted by Gasteiger charge is -2.27. The second-order valence-corrected chi connectivity index (χ2v) is 4.01. The smallest absolute Gasteiger partial charge is 0.306 e. The standard InChI is InChI=1S/C9H17NO3/c1-6(8(12)13)5-9(3,4)10-7(2)11/h6H,5H2,1-4H3,(H,10,11)(H,12,13). The Bertz CT molecular complexity index is 211. The van der Waals surface area contributed by atoms with E-state index < -0.39 is 17.4 Å². The van der Waals surface area contributed by atoms with Crippen LogP contribution in [0.15, 0.2) is 0 Å². The molecule has 2 N–H and O–H groups in total. The molecule has 0 rings (SSSR count). The minimum Gasteiger partial charge on any atom is -0.481 e. The van der Waals surface area contributed by atoms with Crippen LogP contribution in [0.2, 0.25) is 0 Å². The molecule has 0 aliphatic rings. The van der Waals surface area contributed by atoms with E-state index in [9.17, 15) is 9.59 Å². The van der Waals surface area contributed by atoms with Gasteiger partial charge in [0.05, 0.1) is 5.92 Å². The zero-order valence-corrected chi connectivity index (χ0v) is 8.55. The van der Waals surface area contributed by atoms with E-state index in [1.165, 1.54) is 6.92 Å². The summed E-state index contributed by atoms with van der Waals surface area (Å²) < 4.78 is 0. The predicted octanol–water partition coefficient (Wildman–Crippen LogP) is 1.01. The van der Waals surface area contributed by atoms with Crippen molar-refractivity contribution < 1.29 is 14.7 Å². The maximum Gasteiger partial charge on any atom is 0.306 e. The highest BCUT2D eigenvalue weighted by Gasteiger charge is 2.24. The molecule has 1 atom stereocenters. The minimum absolute atomic E-state index is 0.136. The van der Waals surface area contributed by atoms with Crippen molar-refractivity contribution >= 4 is 11.9 Å². The van der Waals surface area contributed by atoms with Crippen molar-refractivity contribution in [1.82, 2.24) is 5.32 Å². The fourth-order valence-corrected chi connectivity index (χ4v) is 1.38. The molecule has 1 unspecified atom stereocenters. The zero-order chi connectivity index (χ0) is 10.6. The average Bonchev–Trinajstić information content (AvgIpc) is 1.81. The Morgan fingerprint density at radius 3 is 2.23 bits per heavy atom. The molecule has 0 aromatic heterocycles. The van der Waals surface area contributed by atoms with E-state index >= 15 is 0 Å². The molecule has 0 aliphatic carbocycles. The van der Waals surface area contributed by atoms with E-state index in [0.29, 0.717) is 6.42 Å². The molecule has 4 heteroatoms. The van der Waals surface area contributed by atoms with Crippen molar-refractivity contribution in [3.63, 3.8) is 0 Å². The molecule has 0 aromatic rings. The number of carbonyl (C=O) groups is 2. The van der Waals surface area contributed by atoms with Crippen LogP contribution in [0.3, 0.4) is 0 Å². The summed E-state index contributed by atoms with van der Waals surface area (Å²) in [7, 11) is 0. The molecule has 13 heavy (non-hydrogen) atoms. The van der Waals surface area contributed by atoms with Crippen LogP contribution >= 0.6 is 0 Å². The summed E-state index contributed by atoms with van der Waals surface area (Å²) in [6.45, 7) is 6.68. The quantitative estimate of drug-likeness (QED) is 0.690. The number of carbonyl (C=O) groups excluding carboxylic acids is 1. The van der Waals surface area contributed by atoms with E-state index in [-0.39, 0.29) is 5.91 Å². The van der Waals surface area contributed by atoms with Gasteiger partial charge in [0.1, 0.15) is 0 Å². The summed E-state index contributed by atoms with van der Waals surface area (Å²) in [5, 5.41) is 11.4. The van der Waals surface area contributed by atoms with E-state index in [4.69, 9.17) is 5.11 Å². The molecular weight excluding hydrogens is 170 g/mol. The second kappa shape index (κ2) is 4.25. The Hall–Kier alpha value is -1.06. The Kier molecular flexibility index (Phi) is 3.91. The molecule has 0 aromatic carbocycles. The Morgan fingerprint density at radius 2 is 1.92 bits per heavy atom. The number of aliphatic carboxylic acids is 1. The van der Waals surface area contributed by atoms with Crippen LogP contribution in [0.1, 0.15) is 34.1 Å². The molecule has 0 heterocycles. The monoisotopic (exact) mass is 187 g/mol. The summed E-state index contributed by atoms with van der Waals surface area (Å²) in [4.78, 5) is 21.3. The fourth-order valence-electron chi connectivity index (χ4n) is 1.38. The molecular formula is C9H17NO3. The first-order chi connectivity index (χ1) is 5.74. The van der Waals surface area contributed by atoms with Crippen molar-refractivity contribution in [2.24, 2.45) is 5.92 Å². The van der Waals surface area contributed by atoms with Crippen molar-refractivity contribution in [3.05, 3.63) is 0 Å². The van der Waals surface area contributed by atoms with Gasteiger partial charge in [-0.3, -0.25) is 9.59 Å². The molecule has 0 radical (unpaired) electrons. The lowest BCUT2D eigenvalue weighted by molar-refractivity contribution is -0.142. The zero-order valence-electron chi connectivity index (χ0n) is 8.55. The van der Waals surface area contributed by atoms with Crippen molar-refractivity contribution in [2.45, 2.75) is 39.7 Å². The SMILES string of the molecule is CC(=O)NC(C)(C)CC(C)C(=O)O. The number of rotatable bonds is 4. The largest absolute Gasteiger partial charge is 0.481 e. The fraction of sp³-hybridized carbons (Fsp3) is 0.778. The van der Waals surface area contributed by atoms with Gasteiger partial charge < -0.3 is 10.4 Å². The van der Waals surface area contributed by atoms with E-state index in [2.05, 4.69) is 5.32 Å². The number of carboxylic acid groups (broad SMARTS) is 1. The Labute approximate surface area is 78.3 Å². The third-order valence-electron chi connectivity index (χ3n) is 1.75. The second-order valence-electron chi connectivity index (χ2n) is 4.01. The van der Waals surface area contributed by atoms with Crippen LogP contribution < -0.4 is 5.32 Å². The summed E-state index contributed by atoms with van der Waals surface area (Å²) in [5.41, 5.74) is -0.455. The van der Waals surface area contributed by atoms with Crippen LogP contribution in [0.5, 0.6) is 0 Å². The molecule has 0 spiro atoms. The third kappa shape index (κ3) is 5.22. The normalized spacial score (nSPS) is 13.5. The van der Waals surface area contributed by atoms with Gasteiger partial charge in [-0.15, -0.1) is 0 Å². The number of amides is 1. The maximum atomic E-state index is 10.8. The number of hydrogen-bond acceptors (Lipinski definition) is 2. The molecule has 76 valence electrons. The maximum absolute atomic E-state index is 10.8. The first kappa shape index (κ1) is 11.9. The van der Waals surface area contributed by atoms with Crippen molar-refractivity contribution in [1.29, 1.82) is 0 Å². The van der Waals surface area contributed by atoms with E-state index in [0.717, 1.165) is 0 Å². The van der Waals surface area contributed by atoms with Gasteiger partial charge in [0.25, 0.3) is 0 Å². The highest BCUT2D eigenvalue weighted by atomic mass is 16.4. The topological polar surface area (TPSA) is 66.4 Å². The van der Waals surface area contributed by atoms with Gasteiger partial charge in [-0.05, 0) is 20.3 Å². The third-order valence-corrected chi connectivity index (χ3v) is 1.75. The molecule has 0 fully saturated rings. The van der Waals surface area contributed by atoms with Crippen molar-refractivity contribution in [2.75, 3.05) is 0 Å². The number of nitrogens with one attached hydrogen (secondary N) is 1. The van der Waals surface area contributed by atoms with Crippen molar-refractivity contribution in [3.8, 4) is 0 Å². The lowest BCUT2D eigenvalue weighted by Crippen LogP contribution is -2.44. The highest BCUT2D eigenvalue weighted by Crippen LogP contribution is 2.15. The molecule has 0 aliphatic heterocycles. The van der Waals surface area contributed by atoms with Gasteiger partial charge in [0, 0.05) is 12.5 Å². The highest BCUT2D eigenvalue weighted by molar-refractivity contribution is 5.74. The van der Waals surface area contributed by atoms with E-state index in [1.54, 1.807) is 6.92 Å². The molecule has 0 saturated carbocycles. The number of hydrogen-bond donors (Lipinski definition) is 2. The van der Waals surface area contributed by atoms with Crippen LogP contribution in [0.4, 0.5) is 0 Å². The molecule has 0 bridgehead atoms. The first-order valence-electron chi connectivity index (χ1n) is 4.26. The average molecular weight is 187 g/mol. The Morgan fingerprint density at radius 1 is 1.46 bits per heavy atom. The van der Waals surface area contributed by atoms with E-state index in [1.807, 2.05) is 13.8 Å². The number of carboxylic acids is 1. The summed E-state index contributed by atoms with van der Waals surface area (Å²) in [6.07, 6.45) is 0.432. The van der Waals surface area contributed by atoms with Gasteiger partial charge in [-0.25, -0.2) is 0 Å². The molecule has 0 saturated heterocycles. The minimum atomic E-state index is -0.835. The molecule has 1 amide bonds. The van der Waals surface area contributed by atoms with Gasteiger partial charge in [0.15, 0.2) is 0 Å². The van der Waals surface area contributed by atoms with Gasteiger partial charge in [-0.2, -0.15) is 0 Å². The van der Waals surface area contributed by atoms with Gasteiger partial charge >= 0.3 is 5.97 Å². The van der Waals surface area contributed by atoms with Crippen LogP contribution in [-0.2, 0) is 9.59 Å². The van der Waals surface area contributed by atoms with Gasteiger partial charge in [-0.1, -0.05) is 6.92 Å². The summed E-state index contributed by atoms with van der Waals surface area (Å²) >= 11 is 0. The van der Waals surface area contributed by atoms with Crippen LogP contribution in [0.25, 0.3) is 0 Å². The van der Waals surface area contributed by atoms with Crippen LogP contribution in [0, 0.1) is 5.92 Å². The molecule has 4 nitrogen and oxygen atoms in total. The summed E-state index contributed by atoms with van der Waals surface area (Å²) in [5.74, 6) is -1.41.